The second-order valence-electron chi connectivity index (χ2n) is 3.03. The van der Waals surface area contributed by atoms with Crippen LogP contribution in [0.25, 0.3) is 0 Å². The fraction of sp³-hybridized carbons (Fsp3) is 0.600. The molecule has 0 spiro atoms. The van der Waals surface area contributed by atoms with Gasteiger partial charge in [0.1, 0.15) is 6.61 Å². The van der Waals surface area contributed by atoms with Gasteiger partial charge in [-0.1, -0.05) is 13.5 Å². The minimum Gasteiger partial charge on any atom is -0.462 e. The van der Waals surface area contributed by atoms with Crippen LogP contribution in [0.2, 0.25) is 0 Å². The third-order valence-electron chi connectivity index (χ3n) is 1.43. The number of carbonyl (C=O) groups excluding carboxylic acids is 2. The summed E-state index contributed by atoms with van der Waals surface area (Å²) in [5.74, 6) is -0.942. The van der Waals surface area contributed by atoms with Gasteiger partial charge < -0.3 is 9.57 Å². The van der Waals surface area contributed by atoms with Gasteiger partial charge in [-0.05, 0) is 13.3 Å². The zero-order valence-corrected chi connectivity index (χ0v) is 9.17. The number of esters is 1. The molecule has 0 heterocycles. The summed E-state index contributed by atoms with van der Waals surface area (Å²) >= 11 is 0. The first kappa shape index (κ1) is 13.6. The van der Waals surface area contributed by atoms with E-state index in [0.29, 0.717) is 12.1 Å². The number of rotatable bonds is 7. The van der Waals surface area contributed by atoms with E-state index in [1.807, 2.05) is 6.92 Å². The summed E-state index contributed by atoms with van der Waals surface area (Å²) in [7, 11) is 0. The Kier molecular flexibility index (Phi) is 7.27. The Hall–Kier alpha value is -1.36. The largest absolute Gasteiger partial charge is 0.462 e. The standard InChI is InChI=1S/C10H17NO4/c1-4-6-11-15-9(12)5-7-14-10(13)8(2)3/h11H,2,4-7H2,1,3H3. The molecule has 0 aromatic carbocycles. The van der Waals surface area contributed by atoms with E-state index in [1.165, 1.54) is 0 Å². The van der Waals surface area contributed by atoms with Crippen molar-refractivity contribution in [3.8, 4) is 0 Å². The Morgan fingerprint density at radius 1 is 1.40 bits per heavy atom. The Balaban J connectivity index is 3.47. The highest BCUT2D eigenvalue weighted by Gasteiger charge is 2.06. The lowest BCUT2D eigenvalue weighted by molar-refractivity contribution is -0.153. The van der Waals surface area contributed by atoms with Gasteiger partial charge in [-0.2, -0.15) is 5.48 Å². The van der Waals surface area contributed by atoms with Crippen LogP contribution in [0.5, 0.6) is 0 Å². The fourth-order valence-electron chi connectivity index (χ4n) is 0.635. The lowest BCUT2D eigenvalue weighted by atomic mass is 10.4. The molecule has 0 aromatic rings. The van der Waals surface area contributed by atoms with Crippen LogP contribution >= 0.6 is 0 Å². The molecule has 0 saturated heterocycles. The number of carbonyl (C=O) groups is 2. The lowest BCUT2D eigenvalue weighted by Gasteiger charge is -2.05. The van der Waals surface area contributed by atoms with Crippen molar-refractivity contribution in [3.05, 3.63) is 12.2 Å². The van der Waals surface area contributed by atoms with Crippen molar-refractivity contribution in [2.24, 2.45) is 0 Å². The van der Waals surface area contributed by atoms with Gasteiger partial charge in [-0.15, -0.1) is 0 Å². The highest BCUT2D eigenvalue weighted by Crippen LogP contribution is 1.94. The average Bonchev–Trinajstić information content (AvgIpc) is 2.18. The quantitative estimate of drug-likeness (QED) is 0.296. The molecule has 0 aliphatic rings. The molecule has 0 aliphatic carbocycles. The van der Waals surface area contributed by atoms with Crippen molar-refractivity contribution >= 4 is 11.9 Å². The van der Waals surface area contributed by atoms with Gasteiger partial charge in [0.05, 0.1) is 6.42 Å². The van der Waals surface area contributed by atoms with Gasteiger partial charge in [0, 0.05) is 12.1 Å². The number of ether oxygens (including phenoxy) is 1. The topological polar surface area (TPSA) is 64.6 Å². The number of nitrogens with one attached hydrogen (secondary N) is 1. The van der Waals surface area contributed by atoms with Crippen molar-refractivity contribution in [2.45, 2.75) is 26.7 Å². The Morgan fingerprint density at radius 2 is 2.07 bits per heavy atom. The smallest absolute Gasteiger partial charge is 0.333 e. The second-order valence-corrected chi connectivity index (χ2v) is 3.03. The van der Waals surface area contributed by atoms with Crippen molar-refractivity contribution in [3.63, 3.8) is 0 Å². The lowest BCUT2D eigenvalue weighted by Crippen LogP contribution is -2.22. The molecule has 86 valence electrons. The van der Waals surface area contributed by atoms with E-state index in [1.54, 1.807) is 6.92 Å². The molecule has 0 saturated carbocycles. The third kappa shape index (κ3) is 7.69. The van der Waals surface area contributed by atoms with E-state index in [0.717, 1.165) is 6.42 Å². The molecular weight excluding hydrogens is 198 g/mol. The molecule has 0 rings (SSSR count). The minimum atomic E-state index is -0.496. The summed E-state index contributed by atoms with van der Waals surface area (Å²) < 4.78 is 4.71. The van der Waals surface area contributed by atoms with Gasteiger partial charge in [0.25, 0.3) is 0 Å². The van der Waals surface area contributed by atoms with Crippen molar-refractivity contribution in [1.82, 2.24) is 5.48 Å². The SMILES string of the molecule is C=C(C)C(=O)OCCC(=O)ONCCC. The van der Waals surface area contributed by atoms with E-state index in [2.05, 4.69) is 16.9 Å². The van der Waals surface area contributed by atoms with Crippen molar-refractivity contribution in [1.29, 1.82) is 0 Å². The van der Waals surface area contributed by atoms with Crippen molar-refractivity contribution < 1.29 is 19.2 Å². The molecule has 0 bridgehead atoms. The summed E-state index contributed by atoms with van der Waals surface area (Å²) in [5.41, 5.74) is 2.80. The van der Waals surface area contributed by atoms with E-state index in [9.17, 15) is 9.59 Å². The Bertz CT molecular complexity index is 238. The van der Waals surface area contributed by atoms with Crippen LogP contribution in [0, 0.1) is 0 Å². The van der Waals surface area contributed by atoms with Gasteiger partial charge in [-0.3, -0.25) is 4.79 Å². The van der Waals surface area contributed by atoms with E-state index < -0.39 is 11.9 Å². The number of hydroxylamine groups is 1. The van der Waals surface area contributed by atoms with Gasteiger partial charge in [-0.25, -0.2) is 4.79 Å². The summed E-state index contributed by atoms with van der Waals surface area (Å²) in [6, 6.07) is 0. The minimum absolute atomic E-state index is 0.0122. The van der Waals surface area contributed by atoms with Crippen LogP contribution in [0.4, 0.5) is 0 Å². The van der Waals surface area contributed by atoms with Crippen LogP contribution < -0.4 is 5.48 Å². The van der Waals surface area contributed by atoms with Crippen LogP contribution in [-0.2, 0) is 19.2 Å². The molecule has 0 unspecified atom stereocenters. The van der Waals surface area contributed by atoms with Gasteiger partial charge in [0.2, 0.25) is 0 Å². The van der Waals surface area contributed by atoms with Gasteiger partial charge in [0.15, 0.2) is 0 Å². The highest BCUT2D eigenvalue weighted by atomic mass is 16.7. The summed E-state index contributed by atoms with van der Waals surface area (Å²) in [5, 5.41) is 0. The first-order chi connectivity index (χ1) is 7.07. The molecule has 5 heteroatoms. The fourth-order valence-corrected chi connectivity index (χ4v) is 0.635. The average molecular weight is 215 g/mol. The van der Waals surface area contributed by atoms with Crippen LogP contribution in [-0.4, -0.2) is 25.1 Å². The van der Waals surface area contributed by atoms with E-state index in [-0.39, 0.29) is 13.0 Å². The van der Waals surface area contributed by atoms with Gasteiger partial charge >= 0.3 is 11.9 Å². The molecule has 0 radical (unpaired) electrons. The predicted octanol–water partition coefficient (Wildman–Crippen LogP) is 0.954. The zero-order chi connectivity index (χ0) is 11.7. The molecule has 0 aromatic heterocycles. The molecule has 1 N–H and O–H groups in total. The maximum Gasteiger partial charge on any atom is 0.333 e. The zero-order valence-electron chi connectivity index (χ0n) is 9.17. The normalized spacial score (nSPS) is 9.47. The monoisotopic (exact) mass is 215 g/mol. The molecule has 0 atom stereocenters. The highest BCUT2D eigenvalue weighted by molar-refractivity contribution is 5.87. The first-order valence-corrected chi connectivity index (χ1v) is 4.83. The van der Waals surface area contributed by atoms with Crippen LogP contribution in [0.1, 0.15) is 26.7 Å². The summed E-state index contributed by atoms with van der Waals surface area (Å²) in [6.07, 6.45) is 0.910. The second kappa shape index (κ2) is 7.99. The number of hydrogen-bond acceptors (Lipinski definition) is 5. The molecule has 0 fully saturated rings. The molecule has 0 aliphatic heterocycles. The van der Waals surface area contributed by atoms with E-state index in [4.69, 9.17) is 4.74 Å². The predicted molar refractivity (Wildman–Crippen MR) is 54.8 cm³/mol. The summed E-state index contributed by atoms with van der Waals surface area (Å²) in [6.45, 7) is 7.53. The van der Waals surface area contributed by atoms with Crippen LogP contribution in [0.3, 0.4) is 0 Å². The maximum absolute atomic E-state index is 11.0. The third-order valence-corrected chi connectivity index (χ3v) is 1.43. The maximum atomic E-state index is 11.0. The molecule has 5 nitrogen and oxygen atoms in total. The molecule has 15 heavy (non-hydrogen) atoms. The van der Waals surface area contributed by atoms with Crippen LogP contribution in [0.15, 0.2) is 12.2 Å². The number of hydrogen-bond donors (Lipinski definition) is 1. The van der Waals surface area contributed by atoms with E-state index >= 15 is 0 Å². The van der Waals surface area contributed by atoms with Crippen molar-refractivity contribution in [2.75, 3.05) is 13.2 Å². The Labute approximate surface area is 89.4 Å². The first-order valence-electron chi connectivity index (χ1n) is 4.83. The summed E-state index contributed by atoms with van der Waals surface area (Å²) in [4.78, 5) is 26.5. The molecule has 0 amide bonds. The Morgan fingerprint density at radius 3 is 2.60 bits per heavy atom. The molecular formula is C10H17NO4.